The number of allylic oxidation sites excluding steroid dienone is 1. The normalized spacial score (nSPS) is 16.1. The maximum Gasteiger partial charge on any atom is 0.229 e. The second-order valence-electron chi connectivity index (χ2n) is 3.75. The van der Waals surface area contributed by atoms with Gasteiger partial charge in [0.2, 0.25) is 11.8 Å². The van der Waals surface area contributed by atoms with E-state index in [1.54, 1.807) is 0 Å². The molecule has 1 aliphatic heterocycles. The van der Waals surface area contributed by atoms with Crippen LogP contribution in [0.5, 0.6) is 0 Å². The van der Waals surface area contributed by atoms with Crippen molar-refractivity contribution in [2.45, 2.75) is 38.5 Å². The van der Waals surface area contributed by atoms with Crippen LogP contribution < -0.4 is 0 Å². The van der Waals surface area contributed by atoms with Crippen LogP contribution in [0.3, 0.4) is 0 Å². The molecule has 1 rings (SSSR count). The lowest BCUT2D eigenvalue weighted by atomic mass is 10.1. The van der Waals surface area contributed by atoms with E-state index in [1.165, 1.54) is 4.90 Å². The van der Waals surface area contributed by atoms with E-state index in [-0.39, 0.29) is 11.8 Å². The Morgan fingerprint density at radius 2 is 1.87 bits per heavy atom. The third-order valence-corrected chi connectivity index (χ3v) is 2.53. The maximum absolute atomic E-state index is 11.2. The minimum atomic E-state index is -0.00456. The highest BCUT2D eigenvalue weighted by atomic mass is 16.2. The van der Waals surface area contributed by atoms with Crippen LogP contribution in [0, 0.1) is 6.42 Å². The zero-order valence-corrected chi connectivity index (χ0v) is 9.08. The van der Waals surface area contributed by atoms with Gasteiger partial charge in [-0.1, -0.05) is 12.5 Å². The van der Waals surface area contributed by atoms with Crippen LogP contribution in [0.2, 0.25) is 0 Å². The van der Waals surface area contributed by atoms with Crippen molar-refractivity contribution < 1.29 is 9.59 Å². The number of imide groups is 1. The molecule has 15 heavy (non-hydrogen) atoms. The van der Waals surface area contributed by atoms with Gasteiger partial charge in [0, 0.05) is 19.4 Å². The van der Waals surface area contributed by atoms with Crippen LogP contribution in [-0.2, 0) is 9.59 Å². The molecular weight excluding hydrogens is 190 g/mol. The first-order valence-corrected chi connectivity index (χ1v) is 5.51. The van der Waals surface area contributed by atoms with Gasteiger partial charge in [-0.3, -0.25) is 14.5 Å². The Morgan fingerprint density at radius 1 is 1.20 bits per heavy atom. The number of hydrogen-bond acceptors (Lipinski definition) is 2. The summed E-state index contributed by atoms with van der Waals surface area (Å²) >= 11 is 0. The molecule has 0 aromatic rings. The second kappa shape index (κ2) is 6.38. The number of likely N-dealkylation sites (tertiary alicyclic amines) is 1. The molecule has 1 fully saturated rings. The molecule has 2 amide bonds. The maximum atomic E-state index is 11.2. The van der Waals surface area contributed by atoms with Crippen molar-refractivity contribution in [3.63, 3.8) is 0 Å². The van der Waals surface area contributed by atoms with Crippen molar-refractivity contribution in [2.75, 3.05) is 6.54 Å². The van der Waals surface area contributed by atoms with Crippen LogP contribution in [0.25, 0.3) is 0 Å². The van der Waals surface area contributed by atoms with Gasteiger partial charge in [-0.25, -0.2) is 0 Å². The molecule has 0 bridgehead atoms. The van der Waals surface area contributed by atoms with Gasteiger partial charge in [0.25, 0.3) is 0 Å². The van der Waals surface area contributed by atoms with Crippen molar-refractivity contribution in [3.8, 4) is 0 Å². The molecule has 0 atom stereocenters. The van der Waals surface area contributed by atoms with Gasteiger partial charge < -0.3 is 0 Å². The molecule has 0 unspecified atom stereocenters. The average molecular weight is 208 g/mol. The van der Waals surface area contributed by atoms with E-state index in [4.69, 9.17) is 0 Å². The first-order valence-electron chi connectivity index (χ1n) is 5.51. The van der Waals surface area contributed by atoms with Crippen molar-refractivity contribution in [3.05, 3.63) is 19.1 Å². The van der Waals surface area contributed by atoms with Crippen molar-refractivity contribution in [1.82, 2.24) is 4.90 Å². The van der Waals surface area contributed by atoms with Crippen LogP contribution in [0.15, 0.2) is 12.7 Å². The van der Waals surface area contributed by atoms with Crippen molar-refractivity contribution >= 4 is 11.8 Å². The molecule has 0 N–H and O–H groups in total. The van der Waals surface area contributed by atoms with E-state index in [1.807, 2.05) is 6.08 Å². The molecule has 3 nitrogen and oxygen atoms in total. The molecule has 3 heteroatoms. The molecule has 1 heterocycles. The lowest BCUT2D eigenvalue weighted by molar-refractivity contribution is -0.138. The smallest absolute Gasteiger partial charge is 0.229 e. The fraction of sp³-hybridized carbons (Fsp3) is 0.583. The first kappa shape index (κ1) is 12.0. The van der Waals surface area contributed by atoms with E-state index >= 15 is 0 Å². The summed E-state index contributed by atoms with van der Waals surface area (Å²) in [7, 11) is 0. The SMILES string of the molecule is C=CC[CH]CCCCN1C(=O)CCC1=O. The Bertz CT molecular complexity index is 232. The summed E-state index contributed by atoms with van der Waals surface area (Å²) in [6, 6.07) is 0. The van der Waals surface area contributed by atoms with E-state index in [0.29, 0.717) is 19.4 Å². The predicted molar refractivity (Wildman–Crippen MR) is 58.9 cm³/mol. The highest BCUT2D eigenvalue weighted by Gasteiger charge is 2.27. The number of amides is 2. The van der Waals surface area contributed by atoms with E-state index in [0.717, 1.165) is 25.7 Å². The number of carbonyl (C=O) groups excluding carboxylic acids is 2. The molecule has 1 aliphatic rings. The highest BCUT2D eigenvalue weighted by Crippen LogP contribution is 2.13. The Kier molecular flexibility index (Phi) is 5.08. The lowest BCUT2D eigenvalue weighted by Crippen LogP contribution is -2.29. The van der Waals surface area contributed by atoms with Gasteiger partial charge in [-0.05, 0) is 25.7 Å². The van der Waals surface area contributed by atoms with Gasteiger partial charge in [-0.2, -0.15) is 0 Å². The number of hydrogen-bond donors (Lipinski definition) is 0. The zero-order chi connectivity index (χ0) is 11.1. The number of rotatable bonds is 7. The van der Waals surface area contributed by atoms with Crippen LogP contribution in [0.4, 0.5) is 0 Å². The Balaban J connectivity index is 2.06. The van der Waals surface area contributed by atoms with Crippen molar-refractivity contribution in [1.29, 1.82) is 0 Å². The third kappa shape index (κ3) is 3.86. The predicted octanol–water partition coefficient (Wildman–Crippen LogP) is 2.09. The number of unbranched alkanes of at least 4 members (excludes halogenated alkanes) is 4. The van der Waals surface area contributed by atoms with Crippen LogP contribution in [0.1, 0.15) is 38.5 Å². The molecule has 0 saturated carbocycles. The molecule has 0 aromatic carbocycles. The quantitative estimate of drug-likeness (QED) is 0.365. The minimum Gasteiger partial charge on any atom is -0.283 e. The Hall–Kier alpha value is -1.12. The van der Waals surface area contributed by atoms with Crippen LogP contribution in [-0.4, -0.2) is 23.3 Å². The molecule has 83 valence electrons. The van der Waals surface area contributed by atoms with Gasteiger partial charge in [0.15, 0.2) is 0 Å². The summed E-state index contributed by atoms with van der Waals surface area (Å²) in [6.45, 7) is 4.23. The number of nitrogens with zero attached hydrogens (tertiary/aromatic N) is 1. The fourth-order valence-corrected chi connectivity index (χ4v) is 1.67. The lowest BCUT2D eigenvalue weighted by Gasteiger charge is -2.12. The molecule has 0 spiro atoms. The topological polar surface area (TPSA) is 37.4 Å². The molecule has 1 saturated heterocycles. The van der Waals surface area contributed by atoms with Gasteiger partial charge >= 0.3 is 0 Å². The summed E-state index contributed by atoms with van der Waals surface area (Å²) in [4.78, 5) is 23.9. The highest BCUT2D eigenvalue weighted by molar-refractivity contribution is 6.01. The second-order valence-corrected chi connectivity index (χ2v) is 3.75. The molecule has 0 aromatic heterocycles. The Morgan fingerprint density at radius 3 is 2.47 bits per heavy atom. The summed E-state index contributed by atoms with van der Waals surface area (Å²) < 4.78 is 0. The first-order chi connectivity index (χ1) is 7.25. The van der Waals surface area contributed by atoms with Crippen LogP contribution >= 0.6 is 0 Å². The zero-order valence-electron chi connectivity index (χ0n) is 9.08. The van der Waals surface area contributed by atoms with Gasteiger partial charge in [0.05, 0.1) is 0 Å². The third-order valence-electron chi connectivity index (χ3n) is 2.53. The van der Waals surface area contributed by atoms with Gasteiger partial charge in [-0.15, -0.1) is 6.58 Å². The van der Waals surface area contributed by atoms with Crippen molar-refractivity contribution in [2.24, 2.45) is 0 Å². The summed E-state index contributed by atoms with van der Waals surface area (Å²) in [5, 5.41) is 0. The molecular formula is C12H18NO2. The van der Waals surface area contributed by atoms with E-state index in [9.17, 15) is 9.59 Å². The summed E-state index contributed by atoms with van der Waals surface area (Å²) in [6.07, 6.45) is 8.75. The minimum absolute atomic E-state index is 0.00456. The Labute approximate surface area is 91.1 Å². The standard InChI is InChI=1S/C12H18NO2/c1-2-3-4-5-6-7-10-13-11(14)8-9-12(13)15/h2,4H,1,3,5-10H2. The van der Waals surface area contributed by atoms with E-state index in [2.05, 4.69) is 13.0 Å². The summed E-state index contributed by atoms with van der Waals surface area (Å²) in [5.41, 5.74) is 0. The fourth-order valence-electron chi connectivity index (χ4n) is 1.67. The largest absolute Gasteiger partial charge is 0.283 e. The average Bonchev–Trinajstić information content (AvgIpc) is 2.54. The monoisotopic (exact) mass is 208 g/mol. The van der Waals surface area contributed by atoms with Gasteiger partial charge in [0.1, 0.15) is 0 Å². The summed E-state index contributed by atoms with van der Waals surface area (Å²) in [5.74, 6) is -0.00913. The molecule has 1 radical (unpaired) electrons. The molecule has 0 aliphatic carbocycles. The van der Waals surface area contributed by atoms with E-state index < -0.39 is 0 Å². The number of carbonyl (C=O) groups is 2.